The highest BCUT2D eigenvalue weighted by Crippen LogP contribution is 2.53. The maximum absolute atomic E-state index is 5.29. The predicted molar refractivity (Wildman–Crippen MR) is 306 cm³/mol. The molecule has 0 bridgehead atoms. The van der Waals surface area contributed by atoms with E-state index in [4.69, 9.17) is 15.0 Å². The zero-order valence-electron chi connectivity index (χ0n) is 41.8. The first-order chi connectivity index (χ1) is 36.2. The van der Waals surface area contributed by atoms with E-state index in [0.29, 0.717) is 17.6 Å². The van der Waals surface area contributed by atoms with Crippen LogP contribution in [0.15, 0.2) is 237 Å². The molecule has 0 radical (unpaired) electrons. The van der Waals surface area contributed by atoms with Crippen LogP contribution < -0.4 is 4.90 Å². The average molecular weight is 950 g/mol. The van der Waals surface area contributed by atoms with Gasteiger partial charge in [0.05, 0.1) is 11.0 Å². The van der Waals surface area contributed by atoms with Crippen molar-refractivity contribution in [3.05, 3.63) is 259 Å². The maximum atomic E-state index is 5.29. The third-order valence-corrected chi connectivity index (χ3v) is 15.9. The van der Waals surface area contributed by atoms with E-state index in [1.807, 2.05) is 36.4 Å². The average Bonchev–Trinajstić information content (AvgIpc) is 4.00. The molecule has 5 nitrogen and oxygen atoms in total. The van der Waals surface area contributed by atoms with E-state index >= 15 is 0 Å². The van der Waals surface area contributed by atoms with Crippen LogP contribution in [0.4, 0.5) is 17.1 Å². The number of anilines is 3. The fourth-order valence-corrected chi connectivity index (χ4v) is 12.0. The molecule has 0 unspecified atom stereocenters. The van der Waals surface area contributed by atoms with Gasteiger partial charge in [0.25, 0.3) is 0 Å². The van der Waals surface area contributed by atoms with Crippen LogP contribution >= 0.6 is 0 Å². The fourth-order valence-electron chi connectivity index (χ4n) is 12.0. The second-order valence-electron chi connectivity index (χ2n) is 20.9. The van der Waals surface area contributed by atoms with Crippen LogP contribution in [0.25, 0.3) is 95.0 Å². The summed E-state index contributed by atoms with van der Waals surface area (Å²) in [6, 6.07) is 85.5. The van der Waals surface area contributed by atoms with Crippen molar-refractivity contribution >= 4 is 38.9 Å². The number of hydrogen-bond acceptors (Lipinski definition) is 4. The summed E-state index contributed by atoms with van der Waals surface area (Å²) in [5.41, 5.74) is 22.1. The maximum Gasteiger partial charge on any atom is 0.238 e. The Labute approximate surface area is 431 Å². The number of fused-ring (bicyclic) bond motifs is 9. The lowest BCUT2D eigenvalue weighted by Gasteiger charge is -2.28. The Morgan fingerprint density at radius 2 is 0.743 bits per heavy atom. The lowest BCUT2D eigenvalue weighted by molar-refractivity contribution is 0.660. The molecule has 2 aliphatic rings. The number of benzene rings is 10. The van der Waals surface area contributed by atoms with Crippen LogP contribution in [0.1, 0.15) is 49.9 Å². The van der Waals surface area contributed by atoms with Gasteiger partial charge in [-0.15, -0.1) is 0 Å². The highest BCUT2D eigenvalue weighted by molar-refractivity contribution is 6.12. The topological polar surface area (TPSA) is 46.8 Å². The third kappa shape index (κ3) is 6.88. The molecular formula is C69H51N5. The molecule has 0 N–H and O–H groups in total. The SMILES string of the molecule is CC1(C)c2ccccc2-c2ccc(N(c3ccc(-c4ccccc4)cc3)c3ccc(-c4ccc5c(c4)c4cc6c(cc4n5-c4nc(-c5ccccc5)nc(-c5ccccc5)n4)C(C)(C)c4ccccc4-6)cc3)cc21. The largest absolute Gasteiger partial charge is 0.310 e. The second-order valence-corrected chi connectivity index (χ2v) is 20.9. The first kappa shape index (κ1) is 43.6. The van der Waals surface area contributed by atoms with Crippen molar-refractivity contribution in [3.63, 3.8) is 0 Å². The van der Waals surface area contributed by atoms with Gasteiger partial charge in [0.2, 0.25) is 5.95 Å². The highest BCUT2D eigenvalue weighted by atomic mass is 15.2. The first-order valence-corrected chi connectivity index (χ1v) is 25.6. The molecule has 352 valence electrons. The molecule has 10 aromatic carbocycles. The summed E-state index contributed by atoms with van der Waals surface area (Å²) in [6.07, 6.45) is 0. The highest BCUT2D eigenvalue weighted by Gasteiger charge is 2.37. The Kier molecular flexibility index (Phi) is 9.83. The molecule has 0 fully saturated rings. The van der Waals surface area contributed by atoms with Gasteiger partial charge in [-0.3, -0.25) is 4.57 Å². The second kappa shape index (κ2) is 16.7. The number of rotatable bonds is 8. The van der Waals surface area contributed by atoms with Gasteiger partial charge in [-0.25, -0.2) is 4.98 Å². The zero-order valence-corrected chi connectivity index (χ0v) is 41.8. The molecule has 2 aromatic heterocycles. The van der Waals surface area contributed by atoms with Crippen LogP contribution in [-0.4, -0.2) is 19.5 Å². The van der Waals surface area contributed by atoms with Gasteiger partial charge < -0.3 is 4.90 Å². The molecule has 0 spiro atoms. The molecule has 0 amide bonds. The van der Waals surface area contributed by atoms with Crippen LogP contribution in [-0.2, 0) is 10.8 Å². The lowest BCUT2D eigenvalue weighted by atomic mass is 9.82. The van der Waals surface area contributed by atoms with E-state index in [1.165, 1.54) is 55.6 Å². The molecule has 12 aromatic rings. The Hall–Kier alpha value is -9.19. The minimum atomic E-state index is -0.198. The molecule has 0 saturated carbocycles. The Morgan fingerprint density at radius 3 is 1.32 bits per heavy atom. The molecular weight excluding hydrogens is 899 g/mol. The standard InChI is InChI=1S/C69H51N5/c1-68(2)59-26-16-14-24-53(59)55-38-37-52(41-61(55)68)73(50-33-28-45(29-34-50)44-18-8-5-9-19-44)51-35-30-46(31-36-51)49-32-39-63-57(40-49)58-42-56-54-25-15-17-27-60(54)69(3,4)62(56)43-64(58)74(63)67-71-65(47-20-10-6-11-21-47)70-66(72-67)48-22-12-7-13-23-48/h5-43H,1-4H3. The summed E-state index contributed by atoms with van der Waals surface area (Å²) < 4.78 is 2.26. The van der Waals surface area contributed by atoms with Crippen molar-refractivity contribution in [3.8, 4) is 73.2 Å². The van der Waals surface area contributed by atoms with Gasteiger partial charge in [0, 0.05) is 49.8 Å². The molecule has 0 atom stereocenters. The van der Waals surface area contributed by atoms with Crippen molar-refractivity contribution in [1.82, 2.24) is 19.5 Å². The fraction of sp³-hybridized carbons (Fsp3) is 0.0870. The van der Waals surface area contributed by atoms with Crippen molar-refractivity contribution in [2.24, 2.45) is 0 Å². The Morgan fingerprint density at radius 1 is 0.311 bits per heavy atom. The monoisotopic (exact) mass is 949 g/mol. The first-order valence-electron chi connectivity index (χ1n) is 25.6. The quantitative estimate of drug-likeness (QED) is 0.152. The predicted octanol–water partition coefficient (Wildman–Crippen LogP) is 17.7. The van der Waals surface area contributed by atoms with Crippen molar-refractivity contribution in [1.29, 1.82) is 0 Å². The van der Waals surface area contributed by atoms with Crippen LogP contribution in [0.2, 0.25) is 0 Å². The van der Waals surface area contributed by atoms with Crippen molar-refractivity contribution < 1.29 is 0 Å². The Bertz CT molecular complexity index is 4100. The van der Waals surface area contributed by atoms with Crippen molar-refractivity contribution in [2.75, 3.05) is 4.90 Å². The summed E-state index contributed by atoms with van der Waals surface area (Å²) >= 11 is 0. The van der Waals surface area contributed by atoms with Gasteiger partial charge in [0.15, 0.2) is 11.6 Å². The molecule has 5 heteroatoms. The van der Waals surface area contributed by atoms with Gasteiger partial charge in [-0.2, -0.15) is 9.97 Å². The van der Waals surface area contributed by atoms with Crippen molar-refractivity contribution in [2.45, 2.75) is 38.5 Å². The molecule has 0 saturated heterocycles. The van der Waals surface area contributed by atoms with Crippen LogP contribution in [0.5, 0.6) is 0 Å². The summed E-state index contributed by atoms with van der Waals surface area (Å²) in [5.74, 6) is 1.84. The smallest absolute Gasteiger partial charge is 0.238 e. The summed E-state index contributed by atoms with van der Waals surface area (Å²) in [6.45, 7) is 9.38. The Balaban J connectivity index is 0.923. The lowest BCUT2D eigenvalue weighted by Crippen LogP contribution is -2.16. The zero-order chi connectivity index (χ0) is 49.7. The summed E-state index contributed by atoms with van der Waals surface area (Å²) in [7, 11) is 0. The van der Waals surface area contributed by atoms with E-state index < -0.39 is 0 Å². The van der Waals surface area contributed by atoms with Gasteiger partial charge >= 0.3 is 0 Å². The molecule has 0 aliphatic heterocycles. The summed E-state index contributed by atoms with van der Waals surface area (Å²) in [4.78, 5) is 18.1. The molecule has 14 rings (SSSR count). The number of nitrogens with zero attached hydrogens (tertiary/aromatic N) is 5. The van der Waals surface area contributed by atoms with Crippen LogP contribution in [0.3, 0.4) is 0 Å². The molecule has 2 aliphatic carbocycles. The van der Waals surface area contributed by atoms with E-state index in [2.05, 4.69) is 237 Å². The molecule has 74 heavy (non-hydrogen) atoms. The number of aromatic nitrogens is 4. The summed E-state index contributed by atoms with van der Waals surface area (Å²) in [5, 5.41) is 2.29. The number of hydrogen-bond donors (Lipinski definition) is 0. The van der Waals surface area contributed by atoms with E-state index in [0.717, 1.165) is 61.1 Å². The van der Waals surface area contributed by atoms with Gasteiger partial charge in [-0.05, 0) is 127 Å². The normalized spacial score (nSPS) is 13.6. The minimum Gasteiger partial charge on any atom is -0.310 e. The third-order valence-electron chi connectivity index (χ3n) is 15.9. The van der Waals surface area contributed by atoms with Gasteiger partial charge in [0.1, 0.15) is 0 Å². The van der Waals surface area contributed by atoms with E-state index in [9.17, 15) is 0 Å². The van der Waals surface area contributed by atoms with Crippen LogP contribution in [0, 0.1) is 0 Å². The van der Waals surface area contributed by atoms with E-state index in [1.54, 1.807) is 0 Å². The van der Waals surface area contributed by atoms with E-state index in [-0.39, 0.29) is 10.8 Å². The minimum absolute atomic E-state index is 0.131. The molecule has 2 heterocycles. The van der Waals surface area contributed by atoms with Gasteiger partial charge in [-0.1, -0.05) is 204 Å².